The topological polar surface area (TPSA) is 37.3 Å². The van der Waals surface area contributed by atoms with Gasteiger partial charge in [-0.15, -0.1) is 6.58 Å². The summed E-state index contributed by atoms with van der Waals surface area (Å²) in [5.74, 6) is 1.29. The fourth-order valence-electron chi connectivity index (χ4n) is 6.56. The number of fused-ring (bicyclic) bond motifs is 3. The van der Waals surface area contributed by atoms with Gasteiger partial charge in [0.15, 0.2) is 0 Å². The average molecular weight is 304 g/mol. The van der Waals surface area contributed by atoms with Gasteiger partial charge in [-0.3, -0.25) is 4.79 Å². The Balaban J connectivity index is 1.90. The first kappa shape index (κ1) is 16.1. The number of hydrogen-bond acceptors (Lipinski definition) is 1. The summed E-state index contributed by atoms with van der Waals surface area (Å²) < 4.78 is 0. The van der Waals surface area contributed by atoms with Crippen LogP contribution >= 0.6 is 0 Å². The molecule has 3 aliphatic rings. The van der Waals surface area contributed by atoms with Crippen molar-refractivity contribution >= 4 is 5.97 Å². The molecule has 0 bridgehead atoms. The summed E-state index contributed by atoms with van der Waals surface area (Å²) in [6.07, 6.45) is 11.4. The van der Waals surface area contributed by atoms with E-state index >= 15 is 0 Å². The molecule has 2 heteroatoms. The van der Waals surface area contributed by atoms with Gasteiger partial charge < -0.3 is 5.11 Å². The first-order valence-corrected chi connectivity index (χ1v) is 9.12. The van der Waals surface area contributed by atoms with E-state index < -0.39 is 11.4 Å². The van der Waals surface area contributed by atoms with E-state index in [9.17, 15) is 9.90 Å². The molecule has 1 N–H and O–H groups in total. The van der Waals surface area contributed by atoms with Gasteiger partial charge in [-0.05, 0) is 80.5 Å². The van der Waals surface area contributed by atoms with Crippen molar-refractivity contribution in [1.82, 2.24) is 0 Å². The number of allylic oxidation sites excluding steroid dienone is 1. The molecule has 1 unspecified atom stereocenters. The van der Waals surface area contributed by atoms with Crippen LogP contribution in [0.5, 0.6) is 0 Å². The van der Waals surface area contributed by atoms with E-state index in [0.717, 1.165) is 31.1 Å². The van der Waals surface area contributed by atoms with E-state index in [4.69, 9.17) is 0 Å². The van der Waals surface area contributed by atoms with E-state index in [1.165, 1.54) is 32.1 Å². The Labute approximate surface area is 135 Å². The van der Waals surface area contributed by atoms with Gasteiger partial charge in [0.05, 0.1) is 5.41 Å². The molecule has 3 rings (SSSR count). The summed E-state index contributed by atoms with van der Waals surface area (Å²) in [6.45, 7) is 10.9. The van der Waals surface area contributed by atoms with Gasteiger partial charge >= 0.3 is 5.97 Å². The van der Waals surface area contributed by atoms with E-state index in [2.05, 4.69) is 26.5 Å². The molecule has 6 atom stereocenters. The summed E-state index contributed by atoms with van der Waals surface area (Å²) in [7, 11) is 0. The van der Waals surface area contributed by atoms with Crippen LogP contribution in [-0.2, 0) is 4.79 Å². The molecule has 0 aromatic rings. The number of rotatable bonds is 2. The lowest BCUT2D eigenvalue weighted by Crippen LogP contribution is -2.56. The zero-order chi connectivity index (χ0) is 16.2. The maximum absolute atomic E-state index is 12.0. The van der Waals surface area contributed by atoms with Gasteiger partial charge in [-0.25, -0.2) is 0 Å². The van der Waals surface area contributed by atoms with E-state index in [-0.39, 0.29) is 5.41 Å². The molecule has 3 aliphatic carbocycles. The van der Waals surface area contributed by atoms with Gasteiger partial charge in [-0.1, -0.05) is 26.3 Å². The van der Waals surface area contributed by atoms with Crippen LogP contribution in [-0.4, -0.2) is 11.1 Å². The molecule has 3 fully saturated rings. The predicted molar refractivity (Wildman–Crippen MR) is 89.6 cm³/mol. The molecule has 0 saturated heterocycles. The Morgan fingerprint density at radius 3 is 2.50 bits per heavy atom. The lowest BCUT2D eigenvalue weighted by Gasteiger charge is -2.61. The molecule has 3 saturated carbocycles. The van der Waals surface area contributed by atoms with Crippen LogP contribution in [0.2, 0.25) is 0 Å². The van der Waals surface area contributed by atoms with Crippen molar-refractivity contribution in [2.75, 3.05) is 0 Å². The van der Waals surface area contributed by atoms with Crippen LogP contribution in [0.4, 0.5) is 0 Å². The molecule has 0 amide bonds. The van der Waals surface area contributed by atoms with Crippen molar-refractivity contribution in [3.63, 3.8) is 0 Å². The minimum Gasteiger partial charge on any atom is -0.481 e. The highest BCUT2D eigenvalue weighted by Gasteiger charge is 2.59. The lowest BCUT2D eigenvalue weighted by molar-refractivity contribution is -0.173. The highest BCUT2D eigenvalue weighted by molar-refractivity contribution is 5.75. The number of carboxylic acid groups (broad SMARTS) is 1. The van der Waals surface area contributed by atoms with Crippen LogP contribution in [0.15, 0.2) is 12.7 Å². The fraction of sp³-hybridized carbons (Fsp3) is 0.850. The quantitative estimate of drug-likeness (QED) is 0.704. The second kappa shape index (κ2) is 5.11. The predicted octanol–water partition coefficient (Wildman–Crippen LogP) is 5.29. The van der Waals surface area contributed by atoms with Gasteiger partial charge in [-0.2, -0.15) is 0 Å². The summed E-state index contributed by atoms with van der Waals surface area (Å²) in [6, 6.07) is 0. The normalized spacial score (nSPS) is 51.5. The largest absolute Gasteiger partial charge is 0.481 e. The van der Waals surface area contributed by atoms with Crippen molar-refractivity contribution in [3.8, 4) is 0 Å². The molecule has 0 aliphatic heterocycles. The fourth-order valence-corrected chi connectivity index (χ4v) is 6.56. The maximum Gasteiger partial charge on any atom is 0.309 e. The standard InChI is InChI=1S/C20H32O2/c1-5-18(2)12-9-15-14(13-18)7-8-16-19(15,3)10-6-11-20(16,4)17(21)22/h5,14-16H,1,6-13H2,2-4H3,(H,21,22)/t14?,15-,16+,18+,19+,20+/m1/s1. The summed E-state index contributed by atoms with van der Waals surface area (Å²) in [5.41, 5.74) is 0.0308. The lowest BCUT2D eigenvalue weighted by atomic mass is 9.43. The summed E-state index contributed by atoms with van der Waals surface area (Å²) >= 11 is 0. The minimum atomic E-state index is -0.561. The van der Waals surface area contributed by atoms with Crippen LogP contribution in [0.1, 0.15) is 72.1 Å². The van der Waals surface area contributed by atoms with Gasteiger partial charge in [0, 0.05) is 0 Å². The van der Waals surface area contributed by atoms with Crippen LogP contribution in [0, 0.1) is 34.0 Å². The third-order valence-corrected chi connectivity index (χ3v) is 7.96. The van der Waals surface area contributed by atoms with Crippen molar-refractivity contribution in [2.24, 2.45) is 34.0 Å². The molecule has 0 spiro atoms. The Morgan fingerprint density at radius 2 is 1.86 bits per heavy atom. The Morgan fingerprint density at radius 1 is 1.14 bits per heavy atom. The maximum atomic E-state index is 12.0. The summed E-state index contributed by atoms with van der Waals surface area (Å²) in [5, 5.41) is 9.85. The SMILES string of the molecule is C=C[C@@]1(C)CC[C@@H]2C(CC[C@H]3[C@@]2(C)CCC[C@]3(C)C(=O)O)C1. The number of carbonyl (C=O) groups is 1. The van der Waals surface area contributed by atoms with E-state index in [0.29, 0.717) is 11.3 Å². The van der Waals surface area contributed by atoms with Crippen molar-refractivity contribution in [3.05, 3.63) is 12.7 Å². The van der Waals surface area contributed by atoms with Gasteiger partial charge in [0.25, 0.3) is 0 Å². The van der Waals surface area contributed by atoms with E-state index in [1.54, 1.807) is 0 Å². The smallest absolute Gasteiger partial charge is 0.309 e. The molecule has 124 valence electrons. The average Bonchev–Trinajstić information content (AvgIpc) is 2.46. The third kappa shape index (κ3) is 2.17. The molecule has 22 heavy (non-hydrogen) atoms. The second-order valence-corrected chi connectivity index (χ2v) is 9.18. The molecule has 0 radical (unpaired) electrons. The molecule has 0 aromatic heterocycles. The monoisotopic (exact) mass is 304 g/mol. The van der Waals surface area contributed by atoms with Gasteiger partial charge in [0.2, 0.25) is 0 Å². The zero-order valence-corrected chi connectivity index (χ0v) is 14.5. The number of hydrogen-bond donors (Lipinski definition) is 1. The third-order valence-electron chi connectivity index (χ3n) is 7.96. The van der Waals surface area contributed by atoms with E-state index in [1.807, 2.05) is 6.92 Å². The molecular formula is C20H32O2. The van der Waals surface area contributed by atoms with Gasteiger partial charge in [0.1, 0.15) is 0 Å². The number of aliphatic carboxylic acids is 1. The molecule has 0 heterocycles. The van der Waals surface area contributed by atoms with Crippen molar-refractivity contribution in [1.29, 1.82) is 0 Å². The molecular weight excluding hydrogens is 272 g/mol. The first-order chi connectivity index (χ1) is 10.3. The minimum absolute atomic E-state index is 0.233. The molecule has 0 aromatic carbocycles. The Hall–Kier alpha value is -0.790. The second-order valence-electron chi connectivity index (χ2n) is 9.18. The highest BCUT2D eigenvalue weighted by Crippen LogP contribution is 2.65. The number of carboxylic acids is 1. The Bertz CT molecular complexity index is 484. The first-order valence-electron chi connectivity index (χ1n) is 9.12. The summed E-state index contributed by atoms with van der Waals surface area (Å²) in [4.78, 5) is 12.0. The van der Waals surface area contributed by atoms with Crippen LogP contribution in [0.3, 0.4) is 0 Å². The zero-order valence-electron chi connectivity index (χ0n) is 14.5. The van der Waals surface area contributed by atoms with Crippen molar-refractivity contribution in [2.45, 2.75) is 72.1 Å². The van der Waals surface area contributed by atoms with Crippen LogP contribution in [0.25, 0.3) is 0 Å². The Kier molecular flexibility index (Phi) is 3.73. The van der Waals surface area contributed by atoms with Crippen LogP contribution < -0.4 is 0 Å². The highest BCUT2D eigenvalue weighted by atomic mass is 16.4. The molecule has 2 nitrogen and oxygen atoms in total. The van der Waals surface area contributed by atoms with Crippen molar-refractivity contribution < 1.29 is 9.90 Å².